The van der Waals surface area contributed by atoms with Crippen LogP contribution >= 0.6 is 0 Å². The minimum Gasteiger partial charge on any atom is -0.330 e. The normalized spacial score (nSPS) is 9.55. The van der Waals surface area contributed by atoms with Crippen molar-refractivity contribution in [3.8, 4) is 0 Å². The Morgan fingerprint density at radius 2 is 2.45 bits per heavy atom. The van der Waals surface area contributed by atoms with Gasteiger partial charge in [0.1, 0.15) is 6.33 Å². The number of nitrogens with two attached hydrogens (primary N) is 1. The predicted octanol–water partition coefficient (Wildman–Crippen LogP) is 0.839. The summed E-state index contributed by atoms with van der Waals surface area (Å²) in [5, 5.41) is 0. The molecule has 0 bridgehead atoms. The molecule has 1 rings (SSSR count). The molecular weight excluding hydrogens is 138 g/mol. The third kappa shape index (κ3) is 2.13. The molecule has 1 aromatic rings. The second-order valence-corrected chi connectivity index (χ2v) is 2.24. The molecule has 0 unspecified atom stereocenters. The average Bonchev–Trinajstić information content (AvgIpc) is 2.07. The lowest BCUT2D eigenvalue weighted by Crippen LogP contribution is -2.00. The molecule has 0 aliphatic heterocycles. The minimum absolute atomic E-state index is 0.614. The van der Waals surface area contributed by atoms with E-state index in [1.807, 2.05) is 6.07 Å². The SMILES string of the molecule is C=C(CCN)c1ccncn1. The highest BCUT2D eigenvalue weighted by Crippen LogP contribution is 2.09. The first-order valence-electron chi connectivity index (χ1n) is 3.49. The Bertz CT molecular complexity index is 230. The summed E-state index contributed by atoms with van der Waals surface area (Å²) < 4.78 is 0. The zero-order valence-electron chi connectivity index (χ0n) is 6.33. The first-order valence-corrected chi connectivity index (χ1v) is 3.49. The average molecular weight is 149 g/mol. The largest absolute Gasteiger partial charge is 0.330 e. The smallest absolute Gasteiger partial charge is 0.116 e. The Morgan fingerprint density at radius 1 is 1.64 bits per heavy atom. The summed E-state index contributed by atoms with van der Waals surface area (Å²) in [4.78, 5) is 7.84. The molecule has 2 N–H and O–H groups in total. The van der Waals surface area contributed by atoms with Gasteiger partial charge in [0.05, 0.1) is 5.69 Å². The van der Waals surface area contributed by atoms with Crippen LogP contribution in [0.25, 0.3) is 5.57 Å². The van der Waals surface area contributed by atoms with Gasteiger partial charge in [0.25, 0.3) is 0 Å². The van der Waals surface area contributed by atoms with Gasteiger partial charge in [0.2, 0.25) is 0 Å². The topological polar surface area (TPSA) is 51.8 Å². The molecule has 0 radical (unpaired) electrons. The summed E-state index contributed by atoms with van der Waals surface area (Å²) in [6, 6.07) is 1.83. The Hall–Kier alpha value is -1.22. The third-order valence-corrected chi connectivity index (χ3v) is 1.39. The molecule has 0 fully saturated rings. The van der Waals surface area contributed by atoms with Crippen molar-refractivity contribution in [2.75, 3.05) is 6.54 Å². The lowest BCUT2D eigenvalue weighted by molar-refractivity contribution is 1.01. The molecule has 0 amide bonds. The van der Waals surface area contributed by atoms with E-state index in [9.17, 15) is 0 Å². The Balaban J connectivity index is 2.69. The summed E-state index contributed by atoms with van der Waals surface area (Å²) in [6.07, 6.45) is 4.00. The van der Waals surface area contributed by atoms with Crippen molar-refractivity contribution in [3.05, 3.63) is 30.9 Å². The van der Waals surface area contributed by atoms with Crippen molar-refractivity contribution in [3.63, 3.8) is 0 Å². The van der Waals surface area contributed by atoms with Gasteiger partial charge in [-0.15, -0.1) is 0 Å². The first-order chi connectivity index (χ1) is 5.34. The van der Waals surface area contributed by atoms with Gasteiger partial charge in [-0.3, -0.25) is 0 Å². The van der Waals surface area contributed by atoms with Gasteiger partial charge in [-0.2, -0.15) is 0 Å². The number of hydrogen-bond acceptors (Lipinski definition) is 3. The van der Waals surface area contributed by atoms with Crippen LogP contribution in [0.5, 0.6) is 0 Å². The van der Waals surface area contributed by atoms with Gasteiger partial charge in [0, 0.05) is 6.20 Å². The molecule has 0 saturated carbocycles. The molecule has 11 heavy (non-hydrogen) atoms. The Kier molecular flexibility index (Phi) is 2.74. The lowest BCUT2D eigenvalue weighted by atomic mass is 10.1. The number of aromatic nitrogens is 2. The highest BCUT2D eigenvalue weighted by molar-refractivity contribution is 5.59. The summed E-state index contributed by atoms with van der Waals surface area (Å²) in [6.45, 7) is 4.46. The van der Waals surface area contributed by atoms with Crippen molar-refractivity contribution in [2.24, 2.45) is 5.73 Å². The van der Waals surface area contributed by atoms with Crippen LogP contribution in [0.1, 0.15) is 12.1 Å². The molecule has 1 aromatic heterocycles. The van der Waals surface area contributed by atoms with Crippen molar-refractivity contribution in [1.29, 1.82) is 0 Å². The van der Waals surface area contributed by atoms with Gasteiger partial charge in [-0.1, -0.05) is 6.58 Å². The lowest BCUT2D eigenvalue weighted by Gasteiger charge is -2.00. The molecule has 0 aliphatic carbocycles. The third-order valence-electron chi connectivity index (χ3n) is 1.39. The van der Waals surface area contributed by atoms with Gasteiger partial charge in [0.15, 0.2) is 0 Å². The summed E-state index contributed by atoms with van der Waals surface area (Å²) >= 11 is 0. The molecule has 3 heteroatoms. The summed E-state index contributed by atoms with van der Waals surface area (Å²) in [5.74, 6) is 0. The van der Waals surface area contributed by atoms with Crippen molar-refractivity contribution < 1.29 is 0 Å². The highest BCUT2D eigenvalue weighted by Gasteiger charge is 1.96. The molecule has 0 atom stereocenters. The Labute approximate surface area is 66.0 Å². The molecule has 58 valence electrons. The van der Waals surface area contributed by atoms with E-state index in [1.165, 1.54) is 6.33 Å². The highest BCUT2D eigenvalue weighted by atomic mass is 14.8. The number of hydrogen-bond donors (Lipinski definition) is 1. The van der Waals surface area contributed by atoms with Crippen molar-refractivity contribution >= 4 is 5.57 Å². The van der Waals surface area contributed by atoms with Crippen LogP contribution in [0.2, 0.25) is 0 Å². The number of nitrogens with zero attached hydrogens (tertiary/aromatic N) is 2. The number of rotatable bonds is 3. The second kappa shape index (κ2) is 3.83. The maximum Gasteiger partial charge on any atom is 0.116 e. The summed E-state index contributed by atoms with van der Waals surface area (Å²) in [7, 11) is 0. The van der Waals surface area contributed by atoms with Gasteiger partial charge in [-0.05, 0) is 24.6 Å². The van der Waals surface area contributed by atoms with E-state index < -0.39 is 0 Å². The van der Waals surface area contributed by atoms with Gasteiger partial charge >= 0.3 is 0 Å². The molecule has 1 heterocycles. The van der Waals surface area contributed by atoms with Crippen LogP contribution in [0, 0.1) is 0 Å². The van der Waals surface area contributed by atoms with E-state index in [2.05, 4.69) is 16.5 Å². The fraction of sp³-hybridized carbons (Fsp3) is 0.250. The first kappa shape index (κ1) is 7.88. The summed E-state index contributed by atoms with van der Waals surface area (Å²) in [5.41, 5.74) is 7.21. The van der Waals surface area contributed by atoms with Crippen LogP contribution in [-0.2, 0) is 0 Å². The zero-order valence-corrected chi connectivity index (χ0v) is 6.33. The maximum absolute atomic E-state index is 5.36. The van der Waals surface area contributed by atoms with E-state index in [0.717, 1.165) is 17.7 Å². The quantitative estimate of drug-likeness (QED) is 0.692. The van der Waals surface area contributed by atoms with Crippen LogP contribution in [0.3, 0.4) is 0 Å². The van der Waals surface area contributed by atoms with Gasteiger partial charge in [-0.25, -0.2) is 9.97 Å². The van der Waals surface area contributed by atoms with Crippen molar-refractivity contribution in [2.45, 2.75) is 6.42 Å². The maximum atomic E-state index is 5.36. The fourth-order valence-electron chi connectivity index (χ4n) is 0.802. The van der Waals surface area contributed by atoms with E-state index in [0.29, 0.717) is 6.54 Å². The van der Waals surface area contributed by atoms with Crippen molar-refractivity contribution in [1.82, 2.24) is 9.97 Å². The van der Waals surface area contributed by atoms with Crippen LogP contribution in [-0.4, -0.2) is 16.5 Å². The molecule has 0 aromatic carbocycles. The van der Waals surface area contributed by atoms with Crippen LogP contribution < -0.4 is 5.73 Å². The Morgan fingerprint density at radius 3 is 3.00 bits per heavy atom. The fourth-order valence-corrected chi connectivity index (χ4v) is 0.802. The second-order valence-electron chi connectivity index (χ2n) is 2.24. The molecular formula is C8H11N3. The zero-order chi connectivity index (χ0) is 8.10. The predicted molar refractivity (Wildman–Crippen MR) is 44.7 cm³/mol. The standard InChI is InChI=1S/C8H11N3/c1-7(2-4-9)8-3-5-10-6-11-8/h3,5-6H,1-2,4,9H2. The van der Waals surface area contributed by atoms with E-state index >= 15 is 0 Å². The molecule has 0 saturated heterocycles. The molecule has 3 nitrogen and oxygen atoms in total. The van der Waals surface area contributed by atoms with E-state index in [-0.39, 0.29) is 0 Å². The molecule has 0 spiro atoms. The van der Waals surface area contributed by atoms with Crippen LogP contribution in [0.15, 0.2) is 25.2 Å². The van der Waals surface area contributed by atoms with E-state index in [4.69, 9.17) is 5.73 Å². The monoisotopic (exact) mass is 149 g/mol. The minimum atomic E-state index is 0.614. The van der Waals surface area contributed by atoms with Gasteiger partial charge < -0.3 is 5.73 Å². The molecule has 0 aliphatic rings. The van der Waals surface area contributed by atoms with Crippen LogP contribution in [0.4, 0.5) is 0 Å². The van der Waals surface area contributed by atoms with E-state index in [1.54, 1.807) is 6.20 Å².